The van der Waals surface area contributed by atoms with Crippen molar-refractivity contribution in [2.24, 2.45) is 11.7 Å². The van der Waals surface area contributed by atoms with E-state index in [1.54, 1.807) is 0 Å². The minimum absolute atomic E-state index is 0.624. The summed E-state index contributed by atoms with van der Waals surface area (Å²) in [5.41, 5.74) is 5.78. The number of rotatable bonds is 2. The van der Waals surface area contributed by atoms with E-state index in [9.17, 15) is 0 Å². The number of nitrogens with two attached hydrogens (primary N) is 1. The highest BCUT2D eigenvalue weighted by Crippen LogP contribution is 2.23. The number of hydrogen-bond acceptors (Lipinski definition) is 2. The molecular weight excluding hydrogens is 148 g/mol. The van der Waals surface area contributed by atoms with Crippen LogP contribution in [-0.2, 0) is 0 Å². The average molecular weight is 170 g/mol. The summed E-state index contributed by atoms with van der Waals surface area (Å²) in [4.78, 5) is 2.55. The summed E-state index contributed by atoms with van der Waals surface area (Å²) in [5.74, 6) is 0.783. The standard InChI is InChI=1S/C10H22N2/c1-8(2)12-6-4-5-9(3)10(12)7-11/h8-10H,4-7,11H2,1-3H3. The first-order valence-electron chi connectivity index (χ1n) is 5.12. The highest BCUT2D eigenvalue weighted by molar-refractivity contribution is 4.84. The number of nitrogens with zero attached hydrogens (tertiary/aromatic N) is 1. The van der Waals surface area contributed by atoms with Crippen molar-refractivity contribution >= 4 is 0 Å². The van der Waals surface area contributed by atoms with Gasteiger partial charge in [0.25, 0.3) is 0 Å². The molecule has 0 aliphatic carbocycles. The molecule has 12 heavy (non-hydrogen) atoms. The van der Waals surface area contributed by atoms with Crippen molar-refractivity contribution in [1.29, 1.82) is 0 Å². The lowest BCUT2D eigenvalue weighted by Gasteiger charge is -2.42. The minimum atomic E-state index is 0.624. The molecule has 0 saturated carbocycles. The van der Waals surface area contributed by atoms with Gasteiger partial charge in [0.05, 0.1) is 0 Å². The van der Waals surface area contributed by atoms with E-state index in [1.165, 1.54) is 19.4 Å². The molecule has 2 heteroatoms. The van der Waals surface area contributed by atoms with Crippen LogP contribution in [0, 0.1) is 5.92 Å². The maximum atomic E-state index is 5.78. The highest BCUT2D eigenvalue weighted by Gasteiger charge is 2.28. The van der Waals surface area contributed by atoms with Crippen LogP contribution in [0.25, 0.3) is 0 Å². The Bertz CT molecular complexity index is 134. The zero-order chi connectivity index (χ0) is 9.14. The topological polar surface area (TPSA) is 29.3 Å². The molecule has 0 aromatic rings. The summed E-state index contributed by atoms with van der Waals surface area (Å²) >= 11 is 0. The molecule has 0 radical (unpaired) electrons. The van der Waals surface area contributed by atoms with Gasteiger partial charge in [0.2, 0.25) is 0 Å². The van der Waals surface area contributed by atoms with E-state index in [2.05, 4.69) is 25.7 Å². The van der Waals surface area contributed by atoms with E-state index in [0.29, 0.717) is 12.1 Å². The summed E-state index contributed by atoms with van der Waals surface area (Å²) in [7, 11) is 0. The van der Waals surface area contributed by atoms with Gasteiger partial charge in [-0.05, 0) is 39.2 Å². The zero-order valence-corrected chi connectivity index (χ0v) is 8.59. The van der Waals surface area contributed by atoms with Crippen LogP contribution in [0.4, 0.5) is 0 Å². The first-order chi connectivity index (χ1) is 5.66. The Morgan fingerprint density at radius 2 is 2.17 bits per heavy atom. The van der Waals surface area contributed by atoms with E-state index in [-0.39, 0.29) is 0 Å². The van der Waals surface area contributed by atoms with Gasteiger partial charge in [0, 0.05) is 18.6 Å². The molecule has 1 fully saturated rings. The van der Waals surface area contributed by atoms with Gasteiger partial charge in [-0.3, -0.25) is 4.90 Å². The van der Waals surface area contributed by atoms with E-state index < -0.39 is 0 Å². The monoisotopic (exact) mass is 170 g/mol. The molecule has 1 saturated heterocycles. The molecule has 1 aliphatic heterocycles. The Morgan fingerprint density at radius 1 is 1.50 bits per heavy atom. The largest absolute Gasteiger partial charge is 0.329 e. The molecule has 1 rings (SSSR count). The first kappa shape index (κ1) is 10.0. The molecule has 2 N–H and O–H groups in total. The van der Waals surface area contributed by atoms with Crippen LogP contribution in [0.3, 0.4) is 0 Å². The van der Waals surface area contributed by atoms with Crippen molar-refractivity contribution in [3.05, 3.63) is 0 Å². The fraction of sp³-hybridized carbons (Fsp3) is 1.00. The second-order valence-electron chi connectivity index (χ2n) is 4.25. The molecule has 1 heterocycles. The quantitative estimate of drug-likeness (QED) is 0.679. The van der Waals surface area contributed by atoms with Gasteiger partial charge in [-0.15, -0.1) is 0 Å². The average Bonchev–Trinajstić information content (AvgIpc) is 2.03. The molecule has 2 nitrogen and oxygen atoms in total. The molecule has 0 aromatic carbocycles. The van der Waals surface area contributed by atoms with E-state index in [0.717, 1.165) is 12.5 Å². The van der Waals surface area contributed by atoms with Crippen LogP contribution in [0.1, 0.15) is 33.6 Å². The van der Waals surface area contributed by atoms with Gasteiger partial charge in [0.15, 0.2) is 0 Å². The Hall–Kier alpha value is -0.0800. The van der Waals surface area contributed by atoms with Crippen molar-refractivity contribution in [2.75, 3.05) is 13.1 Å². The second kappa shape index (κ2) is 4.24. The van der Waals surface area contributed by atoms with Crippen LogP contribution in [0.15, 0.2) is 0 Å². The van der Waals surface area contributed by atoms with Crippen molar-refractivity contribution in [1.82, 2.24) is 4.90 Å². The van der Waals surface area contributed by atoms with E-state index in [1.807, 2.05) is 0 Å². The molecule has 2 unspecified atom stereocenters. The maximum absolute atomic E-state index is 5.78. The van der Waals surface area contributed by atoms with Gasteiger partial charge >= 0.3 is 0 Å². The van der Waals surface area contributed by atoms with Crippen LogP contribution in [-0.4, -0.2) is 30.1 Å². The fourth-order valence-corrected chi connectivity index (χ4v) is 2.29. The molecule has 0 aromatic heterocycles. The Balaban J connectivity index is 2.57. The molecule has 1 aliphatic rings. The van der Waals surface area contributed by atoms with Crippen LogP contribution < -0.4 is 5.73 Å². The summed E-state index contributed by atoms with van der Waals surface area (Å²) in [6.07, 6.45) is 2.70. The SMILES string of the molecule is CC1CCCN(C(C)C)C1CN. The van der Waals surface area contributed by atoms with Gasteiger partial charge in [0.1, 0.15) is 0 Å². The summed E-state index contributed by atoms with van der Waals surface area (Å²) in [5, 5.41) is 0. The van der Waals surface area contributed by atoms with Crippen molar-refractivity contribution in [3.8, 4) is 0 Å². The van der Waals surface area contributed by atoms with E-state index >= 15 is 0 Å². The minimum Gasteiger partial charge on any atom is -0.329 e. The summed E-state index contributed by atoms with van der Waals surface area (Å²) in [6.45, 7) is 8.91. The van der Waals surface area contributed by atoms with Gasteiger partial charge in [-0.25, -0.2) is 0 Å². The Labute approximate surface area is 76.1 Å². The fourth-order valence-electron chi connectivity index (χ4n) is 2.29. The van der Waals surface area contributed by atoms with Crippen LogP contribution >= 0.6 is 0 Å². The van der Waals surface area contributed by atoms with Crippen LogP contribution in [0.5, 0.6) is 0 Å². The lowest BCUT2D eigenvalue weighted by atomic mass is 9.90. The second-order valence-corrected chi connectivity index (χ2v) is 4.25. The molecule has 0 bridgehead atoms. The molecule has 72 valence electrons. The molecule has 2 atom stereocenters. The summed E-state index contributed by atoms with van der Waals surface area (Å²) < 4.78 is 0. The maximum Gasteiger partial charge on any atom is 0.0246 e. The molecule has 0 spiro atoms. The summed E-state index contributed by atoms with van der Waals surface area (Å²) in [6, 6.07) is 1.28. The highest BCUT2D eigenvalue weighted by atomic mass is 15.2. The normalized spacial score (nSPS) is 32.8. The number of likely N-dealkylation sites (tertiary alicyclic amines) is 1. The van der Waals surface area contributed by atoms with Crippen molar-refractivity contribution < 1.29 is 0 Å². The Morgan fingerprint density at radius 3 is 2.58 bits per heavy atom. The number of hydrogen-bond donors (Lipinski definition) is 1. The van der Waals surface area contributed by atoms with Crippen molar-refractivity contribution in [3.63, 3.8) is 0 Å². The third kappa shape index (κ3) is 1.99. The predicted octanol–water partition coefficient (Wildman–Crippen LogP) is 1.45. The lowest BCUT2D eigenvalue weighted by Crippen LogP contribution is -2.51. The lowest BCUT2D eigenvalue weighted by molar-refractivity contribution is 0.0765. The first-order valence-corrected chi connectivity index (χ1v) is 5.12. The van der Waals surface area contributed by atoms with Gasteiger partial charge in [-0.2, -0.15) is 0 Å². The molecule has 0 amide bonds. The third-order valence-electron chi connectivity index (χ3n) is 3.06. The van der Waals surface area contributed by atoms with Gasteiger partial charge < -0.3 is 5.73 Å². The number of piperidine rings is 1. The van der Waals surface area contributed by atoms with Gasteiger partial charge in [-0.1, -0.05) is 6.92 Å². The molecular formula is C10H22N2. The predicted molar refractivity (Wildman–Crippen MR) is 53.1 cm³/mol. The third-order valence-corrected chi connectivity index (χ3v) is 3.06. The Kier molecular flexibility index (Phi) is 3.53. The van der Waals surface area contributed by atoms with Crippen LogP contribution in [0.2, 0.25) is 0 Å². The smallest absolute Gasteiger partial charge is 0.0246 e. The zero-order valence-electron chi connectivity index (χ0n) is 8.59. The van der Waals surface area contributed by atoms with E-state index in [4.69, 9.17) is 5.73 Å². The van der Waals surface area contributed by atoms with Crippen molar-refractivity contribution in [2.45, 2.75) is 45.7 Å².